The van der Waals surface area contributed by atoms with Crippen LogP contribution in [0.4, 0.5) is 13.2 Å². The number of rotatable bonds is 2. The maximum absolute atomic E-state index is 11.8. The van der Waals surface area contributed by atoms with Gasteiger partial charge in [-0.2, -0.15) is 5.26 Å². The average molecular weight is 217 g/mol. The van der Waals surface area contributed by atoms with Crippen LogP contribution in [0.3, 0.4) is 0 Å². The van der Waals surface area contributed by atoms with E-state index < -0.39 is 12.1 Å². The van der Waals surface area contributed by atoms with E-state index in [-0.39, 0.29) is 17.7 Å². The lowest BCUT2D eigenvalue weighted by Gasteiger charge is -2.09. The van der Waals surface area contributed by atoms with E-state index in [1.807, 2.05) is 0 Å². The molecule has 1 N–H and O–H groups in total. The molecule has 6 heteroatoms. The van der Waals surface area contributed by atoms with Crippen LogP contribution in [0.25, 0.3) is 0 Å². The number of alkyl halides is 3. The van der Waals surface area contributed by atoms with Crippen molar-refractivity contribution in [2.45, 2.75) is 12.8 Å². The number of hydrogen-bond acceptors (Lipinski definition) is 3. The van der Waals surface area contributed by atoms with Crippen LogP contribution in [0.1, 0.15) is 5.56 Å². The number of phenols is 1. The standard InChI is InChI=1S/C9H6F3NO2/c10-9(11,12)15-8-4-6(1-2-13)3-7(14)5-8/h3-5,14H,1H2. The van der Waals surface area contributed by atoms with Gasteiger partial charge in [0, 0.05) is 6.07 Å². The summed E-state index contributed by atoms with van der Waals surface area (Å²) in [5.74, 6) is -0.908. The van der Waals surface area contributed by atoms with Crippen LogP contribution in [0.5, 0.6) is 11.5 Å². The Hall–Kier alpha value is -1.90. The van der Waals surface area contributed by atoms with E-state index in [9.17, 15) is 13.2 Å². The Labute approximate surface area is 83.3 Å². The fraction of sp³-hybridized carbons (Fsp3) is 0.222. The zero-order valence-corrected chi connectivity index (χ0v) is 7.38. The highest BCUT2D eigenvalue weighted by Crippen LogP contribution is 2.27. The second-order valence-corrected chi connectivity index (χ2v) is 2.72. The molecular weight excluding hydrogens is 211 g/mol. The average Bonchev–Trinajstić information content (AvgIpc) is 1.99. The Bertz CT molecular complexity index is 395. The highest BCUT2D eigenvalue weighted by Gasteiger charge is 2.31. The van der Waals surface area contributed by atoms with E-state index >= 15 is 0 Å². The second-order valence-electron chi connectivity index (χ2n) is 2.72. The topological polar surface area (TPSA) is 53.2 Å². The fourth-order valence-corrected chi connectivity index (χ4v) is 1.03. The predicted molar refractivity (Wildman–Crippen MR) is 44.1 cm³/mol. The Kier molecular flexibility index (Phi) is 3.04. The van der Waals surface area contributed by atoms with Crippen LogP contribution >= 0.6 is 0 Å². The largest absolute Gasteiger partial charge is 0.573 e. The number of hydrogen-bond donors (Lipinski definition) is 1. The molecule has 1 aromatic carbocycles. The highest BCUT2D eigenvalue weighted by molar-refractivity contribution is 5.38. The van der Waals surface area contributed by atoms with Gasteiger partial charge in [0.05, 0.1) is 12.5 Å². The van der Waals surface area contributed by atoms with Gasteiger partial charge in [-0.3, -0.25) is 0 Å². The minimum Gasteiger partial charge on any atom is -0.508 e. The molecule has 0 bridgehead atoms. The van der Waals surface area contributed by atoms with E-state index in [1.165, 1.54) is 6.07 Å². The number of nitrogens with zero attached hydrogens (tertiary/aromatic N) is 1. The molecule has 0 amide bonds. The van der Waals surface area contributed by atoms with E-state index in [4.69, 9.17) is 10.4 Å². The van der Waals surface area contributed by atoms with Gasteiger partial charge in [-0.25, -0.2) is 0 Å². The van der Waals surface area contributed by atoms with Crippen molar-refractivity contribution in [3.8, 4) is 17.6 Å². The Balaban J connectivity index is 2.95. The molecular formula is C9H6F3NO2. The Morgan fingerprint density at radius 3 is 2.53 bits per heavy atom. The van der Waals surface area contributed by atoms with Crippen LogP contribution in [-0.4, -0.2) is 11.5 Å². The third-order valence-corrected chi connectivity index (χ3v) is 1.47. The summed E-state index contributed by atoms with van der Waals surface area (Å²) in [5, 5.41) is 17.4. The van der Waals surface area contributed by atoms with E-state index in [1.54, 1.807) is 6.07 Å². The third kappa shape index (κ3) is 3.77. The third-order valence-electron chi connectivity index (χ3n) is 1.47. The molecule has 0 aliphatic carbocycles. The van der Waals surface area contributed by atoms with E-state index in [2.05, 4.69) is 4.74 Å². The summed E-state index contributed by atoms with van der Waals surface area (Å²) < 4.78 is 39.1. The molecule has 0 radical (unpaired) electrons. The summed E-state index contributed by atoms with van der Waals surface area (Å²) in [6.45, 7) is 0. The lowest BCUT2D eigenvalue weighted by molar-refractivity contribution is -0.274. The summed E-state index contributed by atoms with van der Waals surface area (Å²) in [7, 11) is 0. The van der Waals surface area contributed by atoms with Gasteiger partial charge in [0.1, 0.15) is 11.5 Å². The molecule has 80 valence electrons. The molecule has 1 rings (SSSR count). The molecule has 0 saturated carbocycles. The van der Waals surface area contributed by atoms with Gasteiger partial charge in [-0.1, -0.05) is 0 Å². The van der Waals surface area contributed by atoms with Crippen molar-refractivity contribution in [1.82, 2.24) is 0 Å². The molecule has 1 aromatic rings. The normalized spacial score (nSPS) is 10.8. The lowest BCUT2D eigenvalue weighted by Crippen LogP contribution is -2.17. The SMILES string of the molecule is N#CCc1cc(O)cc(OC(F)(F)F)c1. The van der Waals surface area contributed by atoms with Crippen molar-refractivity contribution >= 4 is 0 Å². The van der Waals surface area contributed by atoms with Crippen LogP contribution in [0.15, 0.2) is 18.2 Å². The van der Waals surface area contributed by atoms with Gasteiger partial charge in [0.2, 0.25) is 0 Å². The number of ether oxygens (including phenoxy) is 1. The number of benzene rings is 1. The van der Waals surface area contributed by atoms with Crippen LogP contribution < -0.4 is 4.74 Å². The van der Waals surface area contributed by atoms with Crippen LogP contribution in [0.2, 0.25) is 0 Å². The minimum absolute atomic E-state index is 0.0946. The molecule has 0 atom stereocenters. The molecule has 0 spiro atoms. The van der Waals surface area contributed by atoms with Crippen LogP contribution in [-0.2, 0) is 6.42 Å². The quantitative estimate of drug-likeness (QED) is 0.827. The summed E-state index contributed by atoms with van der Waals surface area (Å²) >= 11 is 0. The summed E-state index contributed by atoms with van der Waals surface area (Å²) in [4.78, 5) is 0. The van der Waals surface area contributed by atoms with Crippen molar-refractivity contribution in [2.75, 3.05) is 0 Å². The second kappa shape index (κ2) is 4.09. The first-order valence-electron chi connectivity index (χ1n) is 3.86. The summed E-state index contributed by atoms with van der Waals surface area (Å²) in [5.41, 5.74) is 0.261. The maximum atomic E-state index is 11.8. The molecule has 0 aromatic heterocycles. The monoisotopic (exact) mass is 217 g/mol. The summed E-state index contributed by atoms with van der Waals surface area (Å²) in [6, 6.07) is 4.83. The minimum atomic E-state index is -4.81. The molecule has 15 heavy (non-hydrogen) atoms. The Morgan fingerprint density at radius 1 is 1.33 bits per heavy atom. The number of nitriles is 1. The van der Waals surface area contributed by atoms with Crippen molar-refractivity contribution in [2.24, 2.45) is 0 Å². The first kappa shape index (κ1) is 11.2. The Morgan fingerprint density at radius 2 is 2.00 bits per heavy atom. The number of phenolic OH excluding ortho intramolecular Hbond substituents is 1. The van der Waals surface area contributed by atoms with Gasteiger partial charge in [0.25, 0.3) is 0 Å². The predicted octanol–water partition coefficient (Wildman–Crippen LogP) is 2.36. The van der Waals surface area contributed by atoms with E-state index in [0.29, 0.717) is 0 Å². The van der Waals surface area contributed by atoms with Crippen molar-refractivity contribution in [3.63, 3.8) is 0 Å². The zero-order chi connectivity index (χ0) is 11.5. The fourth-order valence-electron chi connectivity index (χ4n) is 1.03. The van der Waals surface area contributed by atoms with Crippen molar-refractivity contribution < 1.29 is 23.0 Å². The van der Waals surface area contributed by atoms with Crippen LogP contribution in [0, 0.1) is 11.3 Å². The summed E-state index contributed by atoms with van der Waals surface area (Å²) in [6.07, 6.45) is -4.90. The molecule has 0 saturated heterocycles. The lowest BCUT2D eigenvalue weighted by atomic mass is 10.1. The van der Waals surface area contributed by atoms with Crippen molar-refractivity contribution in [3.05, 3.63) is 23.8 Å². The highest BCUT2D eigenvalue weighted by atomic mass is 19.4. The number of aromatic hydroxyl groups is 1. The zero-order valence-electron chi connectivity index (χ0n) is 7.38. The molecule has 0 heterocycles. The van der Waals surface area contributed by atoms with E-state index in [0.717, 1.165) is 12.1 Å². The van der Waals surface area contributed by atoms with Gasteiger partial charge < -0.3 is 9.84 Å². The van der Waals surface area contributed by atoms with Gasteiger partial charge in [-0.05, 0) is 17.7 Å². The van der Waals surface area contributed by atoms with Crippen molar-refractivity contribution in [1.29, 1.82) is 5.26 Å². The molecule has 0 unspecified atom stereocenters. The molecule has 3 nitrogen and oxygen atoms in total. The molecule has 0 fully saturated rings. The first-order valence-corrected chi connectivity index (χ1v) is 3.86. The van der Waals surface area contributed by atoms with Gasteiger partial charge >= 0.3 is 6.36 Å². The smallest absolute Gasteiger partial charge is 0.508 e. The molecule has 0 aliphatic heterocycles. The van der Waals surface area contributed by atoms with Gasteiger partial charge in [0.15, 0.2) is 0 Å². The first-order chi connectivity index (χ1) is 6.90. The molecule has 0 aliphatic rings. The van der Waals surface area contributed by atoms with Gasteiger partial charge in [-0.15, -0.1) is 13.2 Å². The number of halogens is 3. The maximum Gasteiger partial charge on any atom is 0.573 e.